The van der Waals surface area contributed by atoms with Gasteiger partial charge in [-0.3, -0.25) is 4.90 Å². The minimum Gasteiger partial charge on any atom is -0.385 e. The molecule has 2 nitrogen and oxygen atoms in total. The van der Waals surface area contributed by atoms with E-state index in [2.05, 4.69) is 32.4 Å². The number of hydrogen-bond acceptors (Lipinski definition) is 2. The Morgan fingerprint density at radius 2 is 2.12 bits per heavy atom. The van der Waals surface area contributed by atoms with Crippen LogP contribution < -0.4 is 0 Å². The smallest absolute Gasteiger partial charge is 0.0908 e. The Labute approximate surface area is 99.3 Å². The highest BCUT2D eigenvalue weighted by Gasteiger charge is 2.56. The molecule has 2 aliphatic rings. The first kappa shape index (κ1) is 12.1. The molecule has 1 aliphatic heterocycles. The Morgan fingerprint density at radius 1 is 1.44 bits per heavy atom. The van der Waals surface area contributed by atoms with E-state index >= 15 is 0 Å². The maximum atomic E-state index is 10.9. The van der Waals surface area contributed by atoms with E-state index in [0.29, 0.717) is 12.1 Å². The minimum atomic E-state index is -0.677. The van der Waals surface area contributed by atoms with Gasteiger partial charge in [0.15, 0.2) is 0 Å². The van der Waals surface area contributed by atoms with E-state index in [0.717, 1.165) is 12.8 Å². The molecule has 0 spiro atoms. The molecule has 0 amide bonds. The van der Waals surface area contributed by atoms with Crippen LogP contribution in [0.5, 0.6) is 0 Å². The summed E-state index contributed by atoms with van der Waals surface area (Å²) >= 11 is 0. The lowest BCUT2D eigenvalue weighted by Crippen LogP contribution is -2.66. The summed E-state index contributed by atoms with van der Waals surface area (Å²) in [4.78, 5) is 2.47. The normalized spacial score (nSPS) is 49.8. The Balaban J connectivity index is 2.39. The van der Waals surface area contributed by atoms with Crippen LogP contribution in [0.25, 0.3) is 0 Å². The molecule has 1 aliphatic carbocycles. The average Bonchev–Trinajstić information content (AvgIpc) is 2.27. The van der Waals surface area contributed by atoms with Crippen molar-refractivity contribution in [1.29, 1.82) is 0 Å². The highest BCUT2D eigenvalue weighted by atomic mass is 16.3. The van der Waals surface area contributed by atoms with Crippen LogP contribution in [0.3, 0.4) is 0 Å². The zero-order valence-corrected chi connectivity index (χ0v) is 10.9. The molecule has 0 radical (unpaired) electrons. The molecule has 1 heterocycles. The molecule has 4 atom stereocenters. The molecule has 0 aromatic heterocycles. The first-order chi connectivity index (χ1) is 7.44. The standard InChI is InChI=1S/C14H25NO/c1-5-14(16)10-11(2)15(4)12-8-6-7-9-13(12,14)3/h5,11-12,16H,1,6-10H2,2-4H3. The number of likely N-dealkylation sites (tertiary alicyclic amines) is 1. The van der Waals surface area contributed by atoms with Crippen molar-refractivity contribution in [3.05, 3.63) is 12.7 Å². The van der Waals surface area contributed by atoms with E-state index in [1.165, 1.54) is 19.3 Å². The van der Waals surface area contributed by atoms with Gasteiger partial charge in [-0.15, -0.1) is 6.58 Å². The second-order valence-electron chi connectivity index (χ2n) is 6.03. The number of nitrogens with zero attached hydrogens (tertiary/aromatic N) is 1. The lowest BCUT2D eigenvalue weighted by atomic mass is 9.57. The van der Waals surface area contributed by atoms with Crippen molar-refractivity contribution in [2.45, 2.75) is 63.6 Å². The molecule has 2 fully saturated rings. The van der Waals surface area contributed by atoms with Crippen LogP contribution in [0.4, 0.5) is 0 Å². The first-order valence-electron chi connectivity index (χ1n) is 6.52. The molecule has 92 valence electrons. The monoisotopic (exact) mass is 223 g/mol. The average molecular weight is 223 g/mol. The van der Waals surface area contributed by atoms with E-state index in [-0.39, 0.29) is 5.41 Å². The molecule has 0 aromatic rings. The maximum Gasteiger partial charge on any atom is 0.0908 e. The van der Waals surface area contributed by atoms with Crippen LogP contribution in [0, 0.1) is 5.41 Å². The Morgan fingerprint density at radius 3 is 2.75 bits per heavy atom. The van der Waals surface area contributed by atoms with E-state index in [1.54, 1.807) is 6.08 Å². The Hall–Kier alpha value is -0.340. The third-order valence-electron chi connectivity index (χ3n) is 5.28. The third-order valence-corrected chi connectivity index (χ3v) is 5.28. The summed E-state index contributed by atoms with van der Waals surface area (Å²) < 4.78 is 0. The molecule has 0 aromatic carbocycles. The second-order valence-corrected chi connectivity index (χ2v) is 6.03. The van der Waals surface area contributed by atoms with E-state index < -0.39 is 5.60 Å². The Kier molecular flexibility index (Phi) is 2.92. The summed E-state index contributed by atoms with van der Waals surface area (Å²) in [6.45, 7) is 8.35. The predicted molar refractivity (Wildman–Crippen MR) is 67.4 cm³/mol. The summed E-state index contributed by atoms with van der Waals surface area (Å²) in [5.74, 6) is 0. The van der Waals surface area contributed by atoms with E-state index in [9.17, 15) is 5.11 Å². The van der Waals surface area contributed by atoms with Gasteiger partial charge < -0.3 is 5.11 Å². The topological polar surface area (TPSA) is 23.5 Å². The van der Waals surface area contributed by atoms with Crippen LogP contribution in [-0.2, 0) is 0 Å². The van der Waals surface area contributed by atoms with Crippen LogP contribution in [0.1, 0.15) is 46.0 Å². The van der Waals surface area contributed by atoms with Gasteiger partial charge in [-0.2, -0.15) is 0 Å². The highest BCUT2D eigenvalue weighted by Crippen LogP contribution is 2.52. The summed E-state index contributed by atoms with van der Waals surface area (Å²) in [7, 11) is 2.21. The quantitative estimate of drug-likeness (QED) is 0.691. The van der Waals surface area contributed by atoms with Crippen LogP contribution in [0.2, 0.25) is 0 Å². The van der Waals surface area contributed by atoms with Crippen molar-refractivity contribution in [2.24, 2.45) is 5.41 Å². The maximum absolute atomic E-state index is 10.9. The SMILES string of the molecule is C=CC1(O)CC(C)N(C)C2CCCCC21C. The molecular weight excluding hydrogens is 198 g/mol. The van der Waals surface area contributed by atoms with Crippen molar-refractivity contribution in [2.75, 3.05) is 7.05 Å². The fourth-order valence-electron chi connectivity index (χ4n) is 3.92. The number of piperidine rings is 1. The van der Waals surface area contributed by atoms with Gasteiger partial charge in [0.05, 0.1) is 5.60 Å². The van der Waals surface area contributed by atoms with E-state index in [1.807, 2.05) is 0 Å². The molecule has 1 N–H and O–H groups in total. The molecule has 1 saturated heterocycles. The molecular formula is C14H25NO. The fourth-order valence-corrected chi connectivity index (χ4v) is 3.92. The van der Waals surface area contributed by atoms with Crippen LogP contribution in [0.15, 0.2) is 12.7 Å². The summed E-state index contributed by atoms with van der Waals surface area (Å²) in [5.41, 5.74) is -0.682. The van der Waals surface area contributed by atoms with Crippen molar-refractivity contribution >= 4 is 0 Å². The summed E-state index contributed by atoms with van der Waals surface area (Å²) in [5, 5.41) is 10.9. The van der Waals surface area contributed by atoms with Gasteiger partial charge in [0.25, 0.3) is 0 Å². The lowest BCUT2D eigenvalue weighted by Gasteiger charge is -2.60. The second kappa shape index (κ2) is 3.85. The largest absolute Gasteiger partial charge is 0.385 e. The minimum absolute atomic E-state index is 0.00569. The van der Waals surface area contributed by atoms with Crippen molar-refractivity contribution in [1.82, 2.24) is 4.90 Å². The highest BCUT2D eigenvalue weighted by molar-refractivity contribution is 5.16. The van der Waals surface area contributed by atoms with Gasteiger partial charge in [-0.1, -0.05) is 25.8 Å². The van der Waals surface area contributed by atoms with Crippen LogP contribution in [-0.4, -0.2) is 34.7 Å². The zero-order chi connectivity index (χ0) is 12.0. The molecule has 0 bridgehead atoms. The van der Waals surface area contributed by atoms with Gasteiger partial charge in [0, 0.05) is 17.5 Å². The Bertz CT molecular complexity index is 290. The molecule has 2 rings (SSSR count). The number of rotatable bonds is 1. The van der Waals surface area contributed by atoms with Gasteiger partial charge in [0.1, 0.15) is 0 Å². The third kappa shape index (κ3) is 1.46. The molecule has 1 saturated carbocycles. The summed E-state index contributed by atoms with van der Waals surface area (Å²) in [6.07, 6.45) is 7.50. The summed E-state index contributed by atoms with van der Waals surface area (Å²) in [6, 6.07) is 0.951. The number of aliphatic hydroxyl groups is 1. The number of hydrogen-bond donors (Lipinski definition) is 1. The fraction of sp³-hybridized carbons (Fsp3) is 0.857. The van der Waals surface area contributed by atoms with Gasteiger partial charge in [0.2, 0.25) is 0 Å². The number of fused-ring (bicyclic) bond motifs is 1. The molecule has 16 heavy (non-hydrogen) atoms. The van der Waals surface area contributed by atoms with Gasteiger partial charge in [-0.05, 0) is 33.2 Å². The lowest BCUT2D eigenvalue weighted by molar-refractivity contribution is -0.155. The molecule has 4 unspecified atom stereocenters. The first-order valence-corrected chi connectivity index (χ1v) is 6.52. The predicted octanol–water partition coefficient (Wildman–Crippen LogP) is 2.58. The van der Waals surface area contributed by atoms with Crippen molar-refractivity contribution in [3.8, 4) is 0 Å². The van der Waals surface area contributed by atoms with E-state index in [4.69, 9.17) is 0 Å². The molecule has 2 heteroatoms. The van der Waals surface area contributed by atoms with Gasteiger partial charge in [-0.25, -0.2) is 0 Å². The zero-order valence-electron chi connectivity index (χ0n) is 10.9. The van der Waals surface area contributed by atoms with Crippen molar-refractivity contribution < 1.29 is 5.11 Å². The van der Waals surface area contributed by atoms with Gasteiger partial charge >= 0.3 is 0 Å². The van der Waals surface area contributed by atoms with Crippen molar-refractivity contribution in [3.63, 3.8) is 0 Å². The van der Waals surface area contributed by atoms with Crippen LogP contribution >= 0.6 is 0 Å².